The molecule has 5 aromatic rings. The van der Waals surface area contributed by atoms with Crippen molar-refractivity contribution in [2.45, 2.75) is 20.4 Å². The Balaban J connectivity index is 1.54. The minimum absolute atomic E-state index is 0.317. The van der Waals surface area contributed by atoms with Gasteiger partial charge in [-0.1, -0.05) is 36.4 Å². The van der Waals surface area contributed by atoms with Gasteiger partial charge in [-0.15, -0.1) is 22.7 Å². The first-order valence-corrected chi connectivity index (χ1v) is 12.3. The summed E-state index contributed by atoms with van der Waals surface area (Å²) in [5.74, 6) is -0.923. The van der Waals surface area contributed by atoms with E-state index in [0.717, 1.165) is 20.9 Å². The minimum atomic E-state index is -0.585. The molecule has 0 aliphatic carbocycles. The number of nitrogens with two attached hydrogens (primary N) is 1. The number of rotatable bonds is 6. The standard InChI is InChI=1S/C25H21N5O2S2/c1-14-11-18(19-12-27-30(23(19)28-14)13-17-9-6-10-33-17)24(32)29-25-21(22(26)31)20(15(2)34-25)16-7-4-3-5-8-16/h3-12H,13H2,1-2H3,(H2,26,31)(H,29,32). The number of aryl methyl sites for hydroxylation is 2. The van der Waals surface area contributed by atoms with Gasteiger partial charge in [-0.3, -0.25) is 9.59 Å². The van der Waals surface area contributed by atoms with Crippen LogP contribution in [0.2, 0.25) is 0 Å². The first-order valence-electron chi connectivity index (χ1n) is 10.6. The molecule has 5 rings (SSSR count). The highest BCUT2D eigenvalue weighted by atomic mass is 32.1. The van der Waals surface area contributed by atoms with Gasteiger partial charge in [0.15, 0.2) is 5.65 Å². The van der Waals surface area contributed by atoms with Crippen molar-refractivity contribution in [1.29, 1.82) is 0 Å². The molecule has 0 bridgehead atoms. The normalized spacial score (nSPS) is 11.1. The molecule has 0 aliphatic rings. The van der Waals surface area contributed by atoms with Crippen LogP contribution in [0.3, 0.4) is 0 Å². The van der Waals surface area contributed by atoms with Crippen LogP contribution in [0.4, 0.5) is 5.00 Å². The molecule has 3 N–H and O–H groups in total. The molecule has 0 fully saturated rings. The second-order valence-electron chi connectivity index (χ2n) is 7.85. The van der Waals surface area contributed by atoms with Gasteiger partial charge in [0.1, 0.15) is 5.00 Å². The quantitative estimate of drug-likeness (QED) is 0.342. The molecule has 2 amide bonds. The highest BCUT2D eigenvalue weighted by Gasteiger charge is 2.24. The van der Waals surface area contributed by atoms with Crippen molar-refractivity contribution in [3.05, 3.63) is 86.7 Å². The fraction of sp³-hybridized carbons (Fsp3) is 0.120. The Morgan fingerprint density at radius 2 is 1.91 bits per heavy atom. The maximum atomic E-state index is 13.4. The Morgan fingerprint density at radius 3 is 2.62 bits per heavy atom. The summed E-state index contributed by atoms with van der Waals surface area (Å²) in [7, 11) is 0. The van der Waals surface area contributed by atoms with Crippen molar-refractivity contribution >= 4 is 50.5 Å². The highest BCUT2D eigenvalue weighted by molar-refractivity contribution is 7.17. The maximum Gasteiger partial charge on any atom is 0.257 e. The summed E-state index contributed by atoms with van der Waals surface area (Å²) >= 11 is 2.98. The second-order valence-corrected chi connectivity index (χ2v) is 10.1. The number of pyridine rings is 1. The zero-order chi connectivity index (χ0) is 23.8. The fourth-order valence-electron chi connectivity index (χ4n) is 4.02. The molecule has 0 saturated heterocycles. The molecule has 170 valence electrons. The molecule has 0 atom stereocenters. The number of carbonyl (C=O) groups excluding carboxylic acids is 2. The molecular formula is C25H21N5O2S2. The lowest BCUT2D eigenvalue weighted by Crippen LogP contribution is -2.18. The van der Waals surface area contributed by atoms with Gasteiger partial charge in [-0.25, -0.2) is 9.67 Å². The van der Waals surface area contributed by atoms with Gasteiger partial charge in [-0.05, 0) is 36.9 Å². The van der Waals surface area contributed by atoms with E-state index in [2.05, 4.69) is 15.4 Å². The molecule has 0 spiro atoms. The van der Waals surface area contributed by atoms with Gasteiger partial charge in [0.2, 0.25) is 0 Å². The van der Waals surface area contributed by atoms with Crippen molar-refractivity contribution in [3.63, 3.8) is 0 Å². The van der Waals surface area contributed by atoms with Crippen LogP contribution in [-0.2, 0) is 6.54 Å². The number of nitrogens with one attached hydrogen (secondary N) is 1. The van der Waals surface area contributed by atoms with Crippen molar-refractivity contribution in [2.75, 3.05) is 5.32 Å². The second kappa shape index (κ2) is 8.85. The Hall–Kier alpha value is -3.82. The van der Waals surface area contributed by atoms with Gasteiger partial charge < -0.3 is 11.1 Å². The van der Waals surface area contributed by atoms with Crippen LogP contribution in [-0.4, -0.2) is 26.6 Å². The van der Waals surface area contributed by atoms with E-state index in [0.29, 0.717) is 39.4 Å². The van der Waals surface area contributed by atoms with E-state index in [9.17, 15) is 9.59 Å². The molecule has 0 radical (unpaired) electrons. The van der Waals surface area contributed by atoms with Crippen molar-refractivity contribution in [1.82, 2.24) is 14.8 Å². The van der Waals surface area contributed by atoms with Crippen molar-refractivity contribution < 1.29 is 9.59 Å². The molecule has 9 heteroatoms. The third-order valence-corrected chi connectivity index (χ3v) is 7.37. The molecule has 1 aromatic carbocycles. The molecule has 4 aromatic heterocycles. The molecule has 7 nitrogen and oxygen atoms in total. The maximum absolute atomic E-state index is 13.4. The van der Waals surface area contributed by atoms with Crippen LogP contribution in [0, 0.1) is 13.8 Å². The summed E-state index contributed by atoms with van der Waals surface area (Å²) in [6, 6.07) is 15.3. The predicted molar refractivity (Wildman–Crippen MR) is 137 cm³/mol. The van der Waals surface area contributed by atoms with E-state index in [-0.39, 0.29) is 5.91 Å². The van der Waals surface area contributed by atoms with E-state index in [1.807, 2.05) is 61.7 Å². The first kappa shape index (κ1) is 22.0. The minimum Gasteiger partial charge on any atom is -0.365 e. The number of anilines is 1. The van der Waals surface area contributed by atoms with Crippen LogP contribution >= 0.6 is 22.7 Å². The third kappa shape index (κ3) is 4.00. The van der Waals surface area contributed by atoms with E-state index in [4.69, 9.17) is 5.73 Å². The molecule has 4 heterocycles. The number of primary amides is 1. The number of amides is 2. The van der Waals surface area contributed by atoms with Crippen LogP contribution < -0.4 is 11.1 Å². The van der Waals surface area contributed by atoms with Crippen LogP contribution in [0.15, 0.2) is 60.1 Å². The SMILES string of the molecule is Cc1cc(C(=O)Nc2sc(C)c(-c3ccccc3)c2C(N)=O)c2cnn(Cc3cccs3)c2n1. The number of thiophene rings is 2. The Morgan fingerprint density at radius 1 is 1.12 bits per heavy atom. The summed E-state index contributed by atoms with van der Waals surface area (Å²) in [5, 5.41) is 10.5. The van der Waals surface area contributed by atoms with Gasteiger partial charge in [0, 0.05) is 21.0 Å². The van der Waals surface area contributed by atoms with Crippen molar-refractivity contribution in [2.24, 2.45) is 5.73 Å². The highest BCUT2D eigenvalue weighted by Crippen LogP contribution is 2.40. The van der Waals surface area contributed by atoms with E-state index in [1.54, 1.807) is 28.3 Å². The van der Waals surface area contributed by atoms with Gasteiger partial charge in [-0.2, -0.15) is 5.10 Å². The summed E-state index contributed by atoms with van der Waals surface area (Å²) in [6.45, 7) is 4.34. The predicted octanol–water partition coefficient (Wildman–Crippen LogP) is 5.24. The lowest BCUT2D eigenvalue weighted by atomic mass is 10.0. The lowest BCUT2D eigenvalue weighted by Gasteiger charge is -2.09. The number of nitrogens with zero attached hydrogens (tertiary/aromatic N) is 3. The van der Waals surface area contributed by atoms with E-state index < -0.39 is 5.91 Å². The fourth-order valence-corrected chi connectivity index (χ4v) is 5.78. The molecule has 34 heavy (non-hydrogen) atoms. The monoisotopic (exact) mass is 487 g/mol. The smallest absolute Gasteiger partial charge is 0.257 e. The third-order valence-electron chi connectivity index (χ3n) is 5.49. The summed E-state index contributed by atoms with van der Waals surface area (Å²) < 4.78 is 1.79. The molecular weight excluding hydrogens is 466 g/mol. The largest absolute Gasteiger partial charge is 0.365 e. The van der Waals surface area contributed by atoms with Gasteiger partial charge in [0.05, 0.1) is 29.3 Å². The number of hydrogen-bond acceptors (Lipinski definition) is 6. The first-order chi connectivity index (χ1) is 16.4. The van der Waals surface area contributed by atoms with E-state index in [1.165, 1.54) is 11.3 Å². The van der Waals surface area contributed by atoms with E-state index >= 15 is 0 Å². The molecule has 0 aliphatic heterocycles. The zero-order valence-corrected chi connectivity index (χ0v) is 20.2. The zero-order valence-electron chi connectivity index (χ0n) is 18.5. The van der Waals surface area contributed by atoms with Crippen molar-refractivity contribution in [3.8, 4) is 11.1 Å². The Labute approximate surface area is 203 Å². The summed E-state index contributed by atoms with van der Waals surface area (Å²) in [4.78, 5) is 32.5. The average molecular weight is 488 g/mol. The number of benzene rings is 1. The number of fused-ring (bicyclic) bond motifs is 1. The number of carbonyl (C=O) groups is 2. The number of aromatic nitrogens is 3. The Bertz CT molecular complexity index is 1520. The van der Waals surface area contributed by atoms with Crippen LogP contribution in [0.1, 0.15) is 36.2 Å². The topological polar surface area (TPSA) is 103 Å². The molecule has 0 unspecified atom stereocenters. The van der Waals surface area contributed by atoms with Gasteiger partial charge in [0.25, 0.3) is 11.8 Å². The lowest BCUT2D eigenvalue weighted by molar-refractivity contribution is 0.100. The van der Waals surface area contributed by atoms with Crippen LogP contribution in [0.5, 0.6) is 0 Å². The van der Waals surface area contributed by atoms with Gasteiger partial charge >= 0.3 is 0 Å². The number of hydrogen-bond donors (Lipinski definition) is 2. The average Bonchev–Trinajstić information content (AvgIpc) is 3.54. The molecule has 0 saturated carbocycles. The van der Waals surface area contributed by atoms with Crippen LogP contribution in [0.25, 0.3) is 22.2 Å². The summed E-state index contributed by atoms with van der Waals surface area (Å²) in [5.41, 5.74) is 9.48. The Kier molecular flexibility index (Phi) is 5.72. The summed E-state index contributed by atoms with van der Waals surface area (Å²) in [6.07, 6.45) is 1.66.